The van der Waals surface area contributed by atoms with Gasteiger partial charge in [-0.05, 0) is 48.4 Å². The molecule has 0 unspecified atom stereocenters. The lowest BCUT2D eigenvalue weighted by Crippen LogP contribution is -2.24. The van der Waals surface area contributed by atoms with Gasteiger partial charge < -0.3 is 14.4 Å². The largest absolute Gasteiger partial charge is 0.493 e. The van der Waals surface area contributed by atoms with Gasteiger partial charge in [-0.15, -0.1) is 0 Å². The number of methoxy groups -OCH3 is 1. The Balaban J connectivity index is 2.01. The van der Waals surface area contributed by atoms with Crippen LogP contribution in [-0.4, -0.2) is 31.6 Å². The van der Waals surface area contributed by atoms with Gasteiger partial charge in [0.2, 0.25) is 5.91 Å². The van der Waals surface area contributed by atoms with Crippen LogP contribution in [0.2, 0.25) is 0 Å². The van der Waals surface area contributed by atoms with Crippen molar-refractivity contribution in [3.8, 4) is 11.5 Å². The SMILES string of the molecule is CCOc1ccc(CN(C)C(=O)/C=C/c2ccc(F)cc2)cc1OC. The van der Waals surface area contributed by atoms with Crippen molar-refractivity contribution < 1.29 is 18.7 Å². The number of ether oxygens (including phenoxy) is 2. The molecule has 5 heteroatoms. The topological polar surface area (TPSA) is 38.8 Å². The summed E-state index contributed by atoms with van der Waals surface area (Å²) < 4.78 is 23.7. The first-order valence-electron chi connectivity index (χ1n) is 8.02. The van der Waals surface area contributed by atoms with E-state index >= 15 is 0 Å². The van der Waals surface area contributed by atoms with Crippen LogP contribution in [0.1, 0.15) is 18.1 Å². The zero-order valence-electron chi connectivity index (χ0n) is 14.7. The highest BCUT2D eigenvalue weighted by atomic mass is 19.1. The summed E-state index contributed by atoms with van der Waals surface area (Å²) in [7, 11) is 3.31. The molecule has 2 aromatic rings. The lowest BCUT2D eigenvalue weighted by Gasteiger charge is -2.17. The Kier molecular flexibility index (Phi) is 6.57. The lowest BCUT2D eigenvalue weighted by atomic mass is 10.2. The van der Waals surface area contributed by atoms with Crippen LogP contribution in [0.5, 0.6) is 11.5 Å². The third-order valence-electron chi connectivity index (χ3n) is 3.61. The number of hydrogen-bond acceptors (Lipinski definition) is 3. The van der Waals surface area contributed by atoms with E-state index in [1.54, 1.807) is 37.3 Å². The molecule has 0 aliphatic rings. The third kappa shape index (κ3) is 5.35. The normalized spacial score (nSPS) is 10.7. The van der Waals surface area contributed by atoms with Crippen LogP contribution in [0.3, 0.4) is 0 Å². The molecule has 0 bridgehead atoms. The number of halogens is 1. The quantitative estimate of drug-likeness (QED) is 0.716. The highest BCUT2D eigenvalue weighted by Crippen LogP contribution is 2.28. The molecule has 2 rings (SSSR count). The molecule has 2 aromatic carbocycles. The summed E-state index contributed by atoms with van der Waals surface area (Å²) in [4.78, 5) is 13.8. The summed E-state index contributed by atoms with van der Waals surface area (Å²) in [6.45, 7) is 2.91. The Bertz CT molecular complexity index is 741. The zero-order valence-corrected chi connectivity index (χ0v) is 14.7. The van der Waals surface area contributed by atoms with Gasteiger partial charge in [0.05, 0.1) is 13.7 Å². The van der Waals surface area contributed by atoms with E-state index in [9.17, 15) is 9.18 Å². The van der Waals surface area contributed by atoms with E-state index in [1.165, 1.54) is 18.2 Å². The predicted octanol–water partition coefficient (Wildman–Crippen LogP) is 3.90. The molecule has 0 radical (unpaired) electrons. The summed E-state index contributed by atoms with van der Waals surface area (Å²) >= 11 is 0. The number of likely N-dealkylation sites (N-methyl/N-ethyl adjacent to an activating group) is 1. The van der Waals surface area contributed by atoms with Crippen molar-refractivity contribution in [1.29, 1.82) is 0 Å². The Morgan fingerprint density at radius 2 is 1.88 bits per heavy atom. The van der Waals surface area contributed by atoms with Crippen molar-refractivity contribution in [1.82, 2.24) is 4.90 Å². The van der Waals surface area contributed by atoms with Gasteiger partial charge in [0.25, 0.3) is 0 Å². The minimum atomic E-state index is -0.301. The number of benzene rings is 2. The molecule has 132 valence electrons. The average molecular weight is 343 g/mol. The van der Waals surface area contributed by atoms with Crippen molar-refractivity contribution in [3.63, 3.8) is 0 Å². The van der Waals surface area contributed by atoms with E-state index in [-0.39, 0.29) is 11.7 Å². The Morgan fingerprint density at radius 1 is 1.16 bits per heavy atom. The molecule has 1 amide bonds. The van der Waals surface area contributed by atoms with Crippen LogP contribution in [-0.2, 0) is 11.3 Å². The fourth-order valence-corrected chi connectivity index (χ4v) is 2.31. The highest BCUT2D eigenvalue weighted by molar-refractivity contribution is 5.91. The van der Waals surface area contributed by atoms with E-state index in [2.05, 4.69) is 0 Å². The van der Waals surface area contributed by atoms with Crippen LogP contribution < -0.4 is 9.47 Å². The van der Waals surface area contributed by atoms with Gasteiger partial charge in [0.1, 0.15) is 5.82 Å². The van der Waals surface area contributed by atoms with Gasteiger partial charge in [0, 0.05) is 19.7 Å². The molecule has 0 aliphatic heterocycles. The Morgan fingerprint density at radius 3 is 2.52 bits per heavy atom. The van der Waals surface area contributed by atoms with Gasteiger partial charge in [-0.1, -0.05) is 18.2 Å². The number of carbonyl (C=O) groups is 1. The number of carbonyl (C=O) groups excluding carboxylic acids is 1. The third-order valence-corrected chi connectivity index (χ3v) is 3.61. The van der Waals surface area contributed by atoms with Crippen molar-refractivity contribution >= 4 is 12.0 Å². The van der Waals surface area contributed by atoms with Crippen molar-refractivity contribution in [2.75, 3.05) is 20.8 Å². The molecular formula is C20H22FNO3. The molecule has 4 nitrogen and oxygen atoms in total. The fourth-order valence-electron chi connectivity index (χ4n) is 2.31. The van der Waals surface area contributed by atoms with E-state index in [0.29, 0.717) is 24.7 Å². The first-order chi connectivity index (χ1) is 12.0. The summed E-state index contributed by atoms with van der Waals surface area (Å²) in [5, 5.41) is 0. The number of rotatable bonds is 7. The van der Waals surface area contributed by atoms with E-state index in [1.807, 2.05) is 25.1 Å². The maximum atomic E-state index is 12.9. The molecule has 0 atom stereocenters. The second kappa shape index (κ2) is 8.87. The van der Waals surface area contributed by atoms with E-state index in [0.717, 1.165) is 11.1 Å². The minimum absolute atomic E-state index is 0.142. The van der Waals surface area contributed by atoms with E-state index < -0.39 is 0 Å². The molecule has 25 heavy (non-hydrogen) atoms. The summed E-state index contributed by atoms with van der Waals surface area (Å²) in [6, 6.07) is 11.6. The summed E-state index contributed by atoms with van der Waals surface area (Å²) in [5.74, 6) is 0.878. The van der Waals surface area contributed by atoms with Gasteiger partial charge >= 0.3 is 0 Å². The molecule has 0 saturated heterocycles. The summed E-state index contributed by atoms with van der Waals surface area (Å²) in [6.07, 6.45) is 3.13. The first-order valence-corrected chi connectivity index (χ1v) is 8.02. The summed E-state index contributed by atoms with van der Waals surface area (Å²) in [5.41, 5.74) is 1.71. The molecule has 0 fully saturated rings. The molecule has 0 saturated carbocycles. The smallest absolute Gasteiger partial charge is 0.246 e. The van der Waals surface area contributed by atoms with Crippen LogP contribution in [0.4, 0.5) is 4.39 Å². The van der Waals surface area contributed by atoms with E-state index in [4.69, 9.17) is 9.47 Å². The molecule has 0 aliphatic carbocycles. The first kappa shape index (κ1) is 18.5. The second-order valence-corrected chi connectivity index (χ2v) is 5.50. The second-order valence-electron chi connectivity index (χ2n) is 5.50. The van der Waals surface area contributed by atoms with Gasteiger partial charge in [0.15, 0.2) is 11.5 Å². The highest BCUT2D eigenvalue weighted by Gasteiger charge is 2.09. The van der Waals surface area contributed by atoms with Gasteiger partial charge in [-0.3, -0.25) is 4.79 Å². The fraction of sp³-hybridized carbons (Fsp3) is 0.250. The predicted molar refractivity (Wildman–Crippen MR) is 96.1 cm³/mol. The molecule has 0 N–H and O–H groups in total. The Hall–Kier alpha value is -2.82. The lowest BCUT2D eigenvalue weighted by molar-refractivity contribution is -0.125. The minimum Gasteiger partial charge on any atom is -0.493 e. The monoisotopic (exact) mass is 343 g/mol. The van der Waals surface area contributed by atoms with Crippen molar-refractivity contribution in [3.05, 3.63) is 65.5 Å². The van der Waals surface area contributed by atoms with Gasteiger partial charge in [-0.25, -0.2) is 4.39 Å². The van der Waals surface area contributed by atoms with Crippen LogP contribution in [0, 0.1) is 5.82 Å². The number of hydrogen-bond donors (Lipinski definition) is 0. The van der Waals surface area contributed by atoms with Crippen LogP contribution in [0.25, 0.3) is 6.08 Å². The van der Waals surface area contributed by atoms with Crippen LogP contribution >= 0.6 is 0 Å². The molecular weight excluding hydrogens is 321 g/mol. The van der Waals surface area contributed by atoms with Crippen molar-refractivity contribution in [2.24, 2.45) is 0 Å². The van der Waals surface area contributed by atoms with Crippen LogP contribution in [0.15, 0.2) is 48.5 Å². The Labute approximate surface area is 147 Å². The molecule has 0 aromatic heterocycles. The maximum Gasteiger partial charge on any atom is 0.246 e. The average Bonchev–Trinajstić information content (AvgIpc) is 2.62. The number of nitrogens with zero attached hydrogens (tertiary/aromatic N) is 1. The molecule has 0 spiro atoms. The maximum absolute atomic E-state index is 12.9. The van der Waals surface area contributed by atoms with Gasteiger partial charge in [-0.2, -0.15) is 0 Å². The number of amides is 1. The molecule has 0 heterocycles. The standard InChI is InChI=1S/C20H22FNO3/c1-4-25-18-11-7-16(13-19(18)24-3)14-22(2)20(23)12-8-15-5-9-17(21)10-6-15/h5-13H,4,14H2,1-3H3/b12-8+. The zero-order chi connectivity index (χ0) is 18.2. The van der Waals surface area contributed by atoms with Crippen molar-refractivity contribution in [2.45, 2.75) is 13.5 Å².